The molecule has 0 spiro atoms. The maximum atomic E-state index is 11.6. The number of ether oxygens (including phenoxy) is 1. The van der Waals surface area contributed by atoms with Gasteiger partial charge < -0.3 is 20.7 Å². The van der Waals surface area contributed by atoms with Gasteiger partial charge in [-0.3, -0.25) is 4.79 Å². The monoisotopic (exact) mass is 311 g/mol. The molecule has 1 heterocycles. The Morgan fingerprint density at radius 3 is 3.10 bits per heavy atom. The van der Waals surface area contributed by atoms with Gasteiger partial charge in [0.05, 0.1) is 13.2 Å². The van der Waals surface area contributed by atoms with E-state index in [1.54, 1.807) is 0 Å². The fourth-order valence-electron chi connectivity index (χ4n) is 2.50. The molecule has 1 aliphatic rings. The number of carbonyl (C=O) groups is 1. The normalized spacial score (nSPS) is 18.8. The zero-order chi connectivity index (χ0) is 15.2. The molecule has 0 radical (unpaired) electrons. The van der Waals surface area contributed by atoms with Gasteiger partial charge in [0.15, 0.2) is 0 Å². The van der Waals surface area contributed by atoms with E-state index in [4.69, 9.17) is 22.1 Å². The highest BCUT2D eigenvalue weighted by atomic mass is 35.5. The number of hydrogen-bond donors (Lipinski definition) is 2. The summed E-state index contributed by atoms with van der Waals surface area (Å²) in [5, 5.41) is 4.06. The van der Waals surface area contributed by atoms with Crippen LogP contribution in [0.3, 0.4) is 0 Å². The topological polar surface area (TPSA) is 67.6 Å². The van der Waals surface area contributed by atoms with Gasteiger partial charge in [-0.15, -0.1) is 0 Å². The molecule has 0 aliphatic carbocycles. The Kier molecular flexibility index (Phi) is 5.85. The molecule has 1 unspecified atom stereocenters. The van der Waals surface area contributed by atoms with Gasteiger partial charge in [0.1, 0.15) is 6.04 Å². The average molecular weight is 312 g/mol. The molecule has 1 fully saturated rings. The summed E-state index contributed by atoms with van der Waals surface area (Å²) in [5.41, 5.74) is 7.56. The number of halogens is 1. The van der Waals surface area contributed by atoms with Crippen LogP contribution in [0.4, 0.5) is 5.69 Å². The highest BCUT2D eigenvalue weighted by molar-refractivity contribution is 6.30. The summed E-state index contributed by atoms with van der Waals surface area (Å²) in [5.74, 6) is -0.364. The molecule has 1 aromatic carbocycles. The molecule has 0 bridgehead atoms. The number of nitrogens with zero attached hydrogens (tertiary/aromatic N) is 1. The zero-order valence-corrected chi connectivity index (χ0v) is 13.0. The number of morpholine rings is 1. The Morgan fingerprint density at radius 2 is 2.38 bits per heavy atom. The number of benzene rings is 1. The van der Waals surface area contributed by atoms with Crippen molar-refractivity contribution in [1.82, 2.24) is 5.32 Å². The van der Waals surface area contributed by atoms with Crippen LogP contribution in [0.5, 0.6) is 0 Å². The summed E-state index contributed by atoms with van der Waals surface area (Å²) in [4.78, 5) is 13.7. The second kappa shape index (κ2) is 7.64. The lowest BCUT2D eigenvalue weighted by molar-refractivity contribution is -0.121. The van der Waals surface area contributed by atoms with E-state index in [2.05, 4.69) is 12.2 Å². The molecule has 116 valence electrons. The van der Waals surface area contributed by atoms with Crippen LogP contribution in [0.2, 0.25) is 5.02 Å². The first kappa shape index (κ1) is 16.1. The summed E-state index contributed by atoms with van der Waals surface area (Å²) in [7, 11) is 0. The molecule has 0 aromatic heterocycles. The van der Waals surface area contributed by atoms with Crippen LogP contribution in [-0.4, -0.2) is 38.3 Å². The van der Waals surface area contributed by atoms with E-state index in [1.165, 1.54) is 0 Å². The Bertz CT molecular complexity index is 496. The maximum absolute atomic E-state index is 11.6. The lowest BCUT2D eigenvalue weighted by atomic mass is 10.1. The van der Waals surface area contributed by atoms with Gasteiger partial charge >= 0.3 is 0 Å². The Labute approximate surface area is 130 Å². The van der Waals surface area contributed by atoms with Crippen molar-refractivity contribution in [2.75, 3.05) is 31.2 Å². The van der Waals surface area contributed by atoms with Crippen LogP contribution in [0.1, 0.15) is 18.9 Å². The maximum Gasteiger partial charge on any atom is 0.242 e. The number of amides is 1. The SMILES string of the molecule is CCCNCc1cc(Cl)ccc1N1CCOCC1C(N)=O. The largest absolute Gasteiger partial charge is 0.377 e. The predicted octanol–water partition coefficient (Wildman–Crippen LogP) is 1.53. The first-order valence-corrected chi connectivity index (χ1v) is 7.64. The number of nitrogens with two attached hydrogens (primary N) is 1. The number of rotatable bonds is 6. The first-order valence-electron chi connectivity index (χ1n) is 7.26. The van der Waals surface area contributed by atoms with E-state index < -0.39 is 6.04 Å². The standard InChI is InChI=1S/C15H22ClN3O2/c1-2-5-18-9-11-8-12(16)3-4-13(11)19-6-7-21-10-14(19)15(17)20/h3-4,8,14,18H,2,5-7,9-10H2,1H3,(H2,17,20). The summed E-state index contributed by atoms with van der Waals surface area (Å²) in [6.07, 6.45) is 1.07. The van der Waals surface area contributed by atoms with E-state index in [1.807, 2.05) is 23.1 Å². The van der Waals surface area contributed by atoms with Crippen molar-refractivity contribution in [3.05, 3.63) is 28.8 Å². The van der Waals surface area contributed by atoms with Gasteiger partial charge in [0.2, 0.25) is 5.91 Å². The molecule has 1 atom stereocenters. The summed E-state index contributed by atoms with van der Waals surface area (Å²) >= 11 is 6.10. The number of primary amides is 1. The van der Waals surface area contributed by atoms with Crippen molar-refractivity contribution in [3.8, 4) is 0 Å². The lowest BCUT2D eigenvalue weighted by Crippen LogP contribution is -2.53. The van der Waals surface area contributed by atoms with Crippen LogP contribution >= 0.6 is 11.6 Å². The fraction of sp³-hybridized carbons (Fsp3) is 0.533. The van der Waals surface area contributed by atoms with Crippen molar-refractivity contribution in [2.24, 2.45) is 5.73 Å². The minimum atomic E-state index is -0.426. The number of carbonyl (C=O) groups excluding carboxylic acids is 1. The molecule has 2 rings (SSSR count). The van der Waals surface area contributed by atoms with Crippen molar-refractivity contribution >= 4 is 23.2 Å². The Hall–Kier alpha value is -1.30. The third kappa shape index (κ3) is 4.09. The van der Waals surface area contributed by atoms with Crippen LogP contribution < -0.4 is 16.0 Å². The first-order chi connectivity index (χ1) is 10.1. The molecular weight excluding hydrogens is 290 g/mol. The molecule has 1 aliphatic heterocycles. The molecule has 1 saturated heterocycles. The van der Waals surface area contributed by atoms with E-state index in [0.717, 1.165) is 24.2 Å². The van der Waals surface area contributed by atoms with Crippen LogP contribution in [0.15, 0.2) is 18.2 Å². The Balaban J connectivity index is 2.25. The van der Waals surface area contributed by atoms with E-state index >= 15 is 0 Å². The van der Waals surface area contributed by atoms with Crippen molar-refractivity contribution < 1.29 is 9.53 Å². The number of nitrogens with one attached hydrogen (secondary N) is 1. The van der Waals surface area contributed by atoms with Crippen molar-refractivity contribution in [3.63, 3.8) is 0 Å². The van der Waals surface area contributed by atoms with E-state index in [-0.39, 0.29) is 5.91 Å². The number of anilines is 1. The third-order valence-corrected chi connectivity index (χ3v) is 3.79. The van der Waals surface area contributed by atoms with Crippen LogP contribution in [0, 0.1) is 0 Å². The van der Waals surface area contributed by atoms with Gasteiger partial charge in [-0.2, -0.15) is 0 Å². The second-order valence-electron chi connectivity index (χ2n) is 5.14. The zero-order valence-electron chi connectivity index (χ0n) is 12.3. The minimum absolute atomic E-state index is 0.333. The molecule has 3 N–H and O–H groups in total. The van der Waals surface area contributed by atoms with Gasteiger partial charge in [-0.25, -0.2) is 0 Å². The second-order valence-corrected chi connectivity index (χ2v) is 5.57. The molecule has 1 amide bonds. The van der Waals surface area contributed by atoms with E-state index in [9.17, 15) is 4.79 Å². The van der Waals surface area contributed by atoms with Crippen molar-refractivity contribution in [2.45, 2.75) is 25.9 Å². The predicted molar refractivity (Wildman–Crippen MR) is 84.6 cm³/mol. The minimum Gasteiger partial charge on any atom is -0.377 e. The summed E-state index contributed by atoms with van der Waals surface area (Å²) < 4.78 is 5.37. The highest BCUT2D eigenvalue weighted by Crippen LogP contribution is 2.27. The quantitative estimate of drug-likeness (QED) is 0.782. The molecule has 21 heavy (non-hydrogen) atoms. The summed E-state index contributed by atoms with van der Waals surface area (Å²) in [6.45, 7) is 5.35. The van der Waals surface area contributed by atoms with Crippen molar-refractivity contribution in [1.29, 1.82) is 0 Å². The number of hydrogen-bond acceptors (Lipinski definition) is 4. The molecule has 1 aromatic rings. The van der Waals surface area contributed by atoms with Gasteiger partial charge in [-0.1, -0.05) is 18.5 Å². The Morgan fingerprint density at radius 1 is 1.57 bits per heavy atom. The average Bonchev–Trinajstić information content (AvgIpc) is 2.48. The molecule has 6 heteroatoms. The van der Waals surface area contributed by atoms with Gasteiger partial charge in [-0.05, 0) is 36.7 Å². The molecule has 5 nitrogen and oxygen atoms in total. The lowest BCUT2D eigenvalue weighted by Gasteiger charge is -2.36. The third-order valence-electron chi connectivity index (χ3n) is 3.55. The fourth-order valence-corrected chi connectivity index (χ4v) is 2.70. The van der Waals surface area contributed by atoms with Gasteiger partial charge in [0.25, 0.3) is 0 Å². The van der Waals surface area contributed by atoms with Crippen LogP contribution in [0.25, 0.3) is 0 Å². The van der Waals surface area contributed by atoms with E-state index in [0.29, 0.717) is 31.3 Å². The van der Waals surface area contributed by atoms with Gasteiger partial charge in [0, 0.05) is 23.8 Å². The molecule has 0 saturated carbocycles. The van der Waals surface area contributed by atoms with Crippen LogP contribution in [-0.2, 0) is 16.1 Å². The summed E-state index contributed by atoms with van der Waals surface area (Å²) in [6, 6.07) is 5.30. The molecular formula is C15H22ClN3O2. The smallest absolute Gasteiger partial charge is 0.242 e. The highest BCUT2D eigenvalue weighted by Gasteiger charge is 2.29.